The summed E-state index contributed by atoms with van der Waals surface area (Å²) in [6, 6.07) is 5.75. The summed E-state index contributed by atoms with van der Waals surface area (Å²) in [6.45, 7) is 3.96. The van der Waals surface area contributed by atoms with Gasteiger partial charge in [-0.15, -0.1) is 10.2 Å². The molecule has 1 aromatic carbocycles. The molecule has 0 spiro atoms. The molecule has 0 bridgehead atoms. The molecule has 0 saturated heterocycles. The summed E-state index contributed by atoms with van der Waals surface area (Å²) in [5, 5.41) is 7.25. The van der Waals surface area contributed by atoms with Crippen LogP contribution in [0, 0.1) is 0 Å². The van der Waals surface area contributed by atoms with Crippen LogP contribution < -0.4 is 10.5 Å². The molecular weight excluding hydrogens is 296 g/mol. The van der Waals surface area contributed by atoms with Gasteiger partial charge < -0.3 is 5.73 Å². The minimum absolute atomic E-state index is 0.122. The molecule has 1 heterocycles. The van der Waals surface area contributed by atoms with Crippen LogP contribution in [-0.4, -0.2) is 18.6 Å². The summed E-state index contributed by atoms with van der Waals surface area (Å²) in [4.78, 5) is 0. The van der Waals surface area contributed by atoms with Crippen molar-refractivity contribution in [3.05, 3.63) is 29.3 Å². The Hall–Kier alpha value is -1.67. The lowest BCUT2D eigenvalue weighted by Crippen LogP contribution is -2.15. The number of anilines is 2. The van der Waals surface area contributed by atoms with E-state index >= 15 is 0 Å². The fourth-order valence-corrected chi connectivity index (χ4v) is 3.81. The normalized spacial score (nSPS) is 11.5. The maximum absolute atomic E-state index is 12.3. The van der Waals surface area contributed by atoms with E-state index in [-0.39, 0.29) is 9.47 Å². The minimum Gasteiger partial charge on any atom is -0.374 e. The standard InChI is InChI=1S/C12H16N4O2S2/c1-3-8-6-5-7-9(4-2)10(8)16-20(17,18)12-15-14-11(13)19-12/h5-7,16H,3-4H2,1-2H3,(H2,13,14). The number of para-hydroxylation sites is 1. The molecule has 108 valence electrons. The molecule has 0 fully saturated rings. The van der Waals surface area contributed by atoms with E-state index < -0.39 is 10.0 Å². The van der Waals surface area contributed by atoms with E-state index in [4.69, 9.17) is 5.73 Å². The number of rotatable bonds is 5. The molecule has 1 aromatic heterocycles. The van der Waals surface area contributed by atoms with Crippen LogP contribution in [-0.2, 0) is 22.9 Å². The first-order valence-electron chi connectivity index (χ1n) is 6.20. The van der Waals surface area contributed by atoms with Crippen molar-refractivity contribution in [1.82, 2.24) is 10.2 Å². The Bertz CT molecular complexity index is 688. The predicted molar refractivity (Wildman–Crippen MR) is 80.3 cm³/mol. The predicted octanol–water partition coefficient (Wildman–Crippen LogP) is 2.05. The Labute approximate surface area is 122 Å². The van der Waals surface area contributed by atoms with Crippen LogP contribution in [0.15, 0.2) is 22.5 Å². The smallest absolute Gasteiger partial charge is 0.291 e. The van der Waals surface area contributed by atoms with E-state index in [9.17, 15) is 8.42 Å². The minimum atomic E-state index is -3.74. The van der Waals surface area contributed by atoms with E-state index in [1.807, 2.05) is 32.0 Å². The molecule has 20 heavy (non-hydrogen) atoms. The molecule has 0 radical (unpaired) electrons. The number of aryl methyl sites for hydroxylation is 2. The second kappa shape index (κ2) is 5.76. The van der Waals surface area contributed by atoms with Gasteiger partial charge in [0.25, 0.3) is 14.4 Å². The number of nitrogen functional groups attached to an aromatic ring is 1. The topological polar surface area (TPSA) is 98.0 Å². The zero-order chi connectivity index (χ0) is 14.8. The Morgan fingerprint density at radius 1 is 1.20 bits per heavy atom. The first-order chi connectivity index (χ1) is 9.47. The van der Waals surface area contributed by atoms with Crippen molar-refractivity contribution in [2.24, 2.45) is 0 Å². The Morgan fingerprint density at radius 2 is 1.80 bits per heavy atom. The molecule has 0 unspecified atom stereocenters. The van der Waals surface area contributed by atoms with Gasteiger partial charge in [-0.1, -0.05) is 43.4 Å². The molecular formula is C12H16N4O2S2. The molecule has 0 saturated carbocycles. The molecule has 6 nitrogen and oxygen atoms in total. The zero-order valence-electron chi connectivity index (χ0n) is 11.3. The average molecular weight is 312 g/mol. The van der Waals surface area contributed by atoms with Crippen molar-refractivity contribution in [1.29, 1.82) is 0 Å². The van der Waals surface area contributed by atoms with Crippen LogP contribution in [0.1, 0.15) is 25.0 Å². The van der Waals surface area contributed by atoms with Crippen LogP contribution in [0.4, 0.5) is 10.8 Å². The van der Waals surface area contributed by atoms with Gasteiger partial charge in [0.1, 0.15) is 0 Å². The van der Waals surface area contributed by atoms with Gasteiger partial charge >= 0.3 is 0 Å². The highest BCUT2D eigenvalue weighted by Gasteiger charge is 2.21. The van der Waals surface area contributed by atoms with Gasteiger partial charge in [0, 0.05) is 0 Å². The summed E-state index contributed by atoms with van der Waals surface area (Å²) >= 11 is 0.846. The van der Waals surface area contributed by atoms with E-state index in [2.05, 4.69) is 14.9 Å². The van der Waals surface area contributed by atoms with Gasteiger partial charge in [-0.25, -0.2) is 0 Å². The van der Waals surface area contributed by atoms with Crippen LogP contribution in [0.25, 0.3) is 0 Å². The van der Waals surface area contributed by atoms with Crippen LogP contribution in [0.2, 0.25) is 0 Å². The number of aromatic nitrogens is 2. The first-order valence-corrected chi connectivity index (χ1v) is 8.50. The lowest BCUT2D eigenvalue weighted by molar-refractivity contribution is 0.599. The summed E-state index contributed by atoms with van der Waals surface area (Å²) in [5.41, 5.74) is 7.96. The SMILES string of the molecule is CCc1cccc(CC)c1NS(=O)(=O)c1nnc(N)s1. The third kappa shape index (κ3) is 2.91. The van der Waals surface area contributed by atoms with Crippen molar-refractivity contribution >= 4 is 32.2 Å². The van der Waals surface area contributed by atoms with Crippen molar-refractivity contribution < 1.29 is 8.42 Å². The highest BCUT2D eigenvalue weighted by Crippen LogP contribution is 2.27. The molecule has 0 aliphatic carbocycles. The van der Waals surface area contributed by atoms with Crippen molar-refractivity contribution in [3.8, 4) is 0 Å². The molecule has 0 aliphatic heterocycles. The largest absolute Gasteiger partial charge is 0.374 e. The summed E-state index contributed by atoms with van der Waals surface area (Å²) in [6.07, 6.45) is 1.48. The fourth-order valence-electron chi connectivity index (χ4n) is 1.88. The van der Waals surface area contributed by atoms with Crippen LogP contribution in [0.5, 0.6) is 0 Å². The van der Waals surface area contributed by atoms with E-state index in [1.165, 1.54) is 0 Å². The van der Waals surface area contributed by atoms with E-state index in [0.717, 1.165) is 35.3 Å². The second-order valence-corrected chi connectivity index (χ2v) is 7.04. The van der Waals surface area contributed by atoms with E-state index in [1.54, 1.807) is 0 Å². The van der Waals surface area contributed by atoms with Crippen molar-refractivity contribution in [3.63, 3.8) is 0 Å². The van der Waals surface area contributed by atoms with Gasteiger partial charge in [-0.3, -0.25) is 4.72 Å². The van der Waals surface area contributed by atoms with Gasteiger partial charge in [0.05, 0.1) is 5.69 Å². The molecule has 2 rings (SSSR count). The summed E-state index contributed by atoms with van der Waals surface area (Å²) < 4.78 is 27.1. The lowest BCUT2D eigenvalue weighted by atomic mass is 10.0. The summed E-state index contributed by atoms with van der Waals surface area (Å²) in [7, 11) is -3.74. The Balaban J connectivity index is 2.43. The van der Waals surface area contributed by atoms with E-state index in [0.29, 0.717) is 5.69 Å². The number of nitrogens with two attached hydrogens (primary N) is 1. The van der Waals surface area contributed by atoms with Gasteiger partial charge in [0.2, 0.25) is 5.13 Å². The number of benzene rings is 1. The molecule has 0 amide bonds. The van der Waals surface area contributed by atoms with Crippen LogP contribution >= 0.6 is 11.3 Å². The third-order valence-electron chi connectivity index (χ3n) is 2.89. The first kappa shape index (κ1) is 14.7. The molecule has 8 heteroatoms. The Morgan fingerprint density at radius 3 is 2.25 bits per heavy atom. The number of hydrogen-bond donors (Lipinski definition) is 2. The fraction of sp³-hybridized carbons (Fsp3) is 0.333. The molecule has 0 aliphatic rings. The molecule has 3 N–H and O–H groups in total. The Kier molecular flexibility index (Phi) is 4.24. The zero-order valence-corrected chi connectivity index (χ0v) is 12.9. The molecule has 0 atom stereocenters. The van der Waals surface area contributed by atoms with Gasteiger partial charge in [-0.2, -0.15) is 8.42 Å². The van der Waals surface area contributed by atoms with Gasteiger partial charge in [0.15, 0.2) is 0 Å². The summed E-state index contributed by atoms with van der Waals surface area (Å²) in [5.74, 6) is 0. The number of nitrogens with zero attached hydrogens (tertiary/aromatic N) is 2. The number of hydrogen-bond acceptors (Lipinski definition) is 6. The van der Waals surface area contributed by atoms with Crippen molar-refractivity contribution in [2.45, 2.75) is 31.0 Å². The van der Waals surface area contributed by atoms with Gasteiger partial charge in [-0.05, 0) is 24.0 Å². The molecule has 2 aromatic rings. The maximum atomic E-state index is 12.3. The highest BCUT2D eigenvalue weighted by atomic mass is 32.2. The number of nitrogens with one attached hydrogen (secondary N) is 1. The quantitative estimate of drug-likeness (QED) is 0.880. The third-order valence-corrected chi connectivity index (χ3v) is 5.36. The maximum Gasteiger partial charge on any atom is 0.291 e. The monoisotopic (exact) mass is 312 g/mol. The highest BCUT2D eigenvalue weighted by molar-refractivity contribution is 7.94. The average Bonchev–Trinajstić information content (AvgIpc) is 2.86. The second-order valence-electron chi connectivity index (χ2n) is 4.17. The van der Waals surface area contributed by atoms with Crippen LogP contribution in [0.3, 0.4) is 0 Å². The lowest BCUT2D eigenvalue weighted by Gasteiger charge is -2.14. The van der Waals surface area contributed by atoms with Crippen molar-refractivity contribution in [2.75, 3.05) is 10.5 Å². The number of sulfonamides is 1.